The molecular formula is C26H30FN5O5S. The smallest absolute Gasteiger partial charge is 0.262 e. The maximum absolute atomic E-state index is 13.3. The molecule has 1 amide bonds. The molecule has 2 heterocycles. The first-order chi connectivity index (χ1) is 18.3. The lowest BCUT2D eigenvalue weighted by Crippen LogP contribution is -2.44. The molecule has 0 atom stereocenters. The van der Waals surface area contributed by atoms with Crippen LogP contribution in [0.5, 0.6) is 11.5 Å². The molecule has 1 aliphatic heterocycles. The van der Waals surface area contributed by atoms with Crippen molar-refractivity contribution in [2.45, 2.75) is 11.4 Å². The molecule has 0 radical (unpaired) electrons. The summed E-state index contributed by atoms with van der Waals surface area (Å²) in [6, 6.07) is 11.4. The van der Waals surface area contributed by atoms with Crippen molar-refractivity contribution < 1.29 is 27.1 Å². The van der Waals surface area contributed by atoms with Crippen LogP contribution in [-0.2, 0) is 16.6 Å². The molecule has 1 aromatic heterocycles. The second-order valence-electron chi connectivity index (χ2n) is 8.63. The number of halogens is 1. The van der Waals surface area contributed by atoms with E-state index in [-0.39, 0.29) is 22.7 Å². The largest absolute Gasteiger partial charge is 0.495 e. The zero-order chi connectivity index (χ0) is 27.0. The number of anilines is 1. The third-order valence-corrected chi connectivity index (χ3v) is 7.38. The Hall–Kier alpha value is -3.74. The number of sulfonamides is 1. The lowest BCUT2D eigenvalue weighted by atomic mass is 10.1. The molecule has 0 saturated carbocycles. The van der Waals surface area contributed by atoms with Crippen molar-refractivity contribution in [2.75, 3.05) is 51.2 Å². The summed E-state index contributed by atoms with van der Waals surface area (Å²) < 4.78 is 53.3. The van der Waals surface area contributed by atoms with Crippen LogP contribution in [0.4, 0.5) is 10.1 Å². The quantitative estimate of drug-likeness (QED) is 0.337. The Bertz CT molecular complexity index is 1350. The Labute approximate surface area is 221 Å². The van der Waals surface area contributed by atoms with Crippen molar-refractivity contribution in [2.24, 2.45) is 0 Å². The van der Waals surface area contributed by atoms with Crippen molar-refractivity contribution in [3.63, 3.8) is 0 Å². The Morgan fingerprint density at radius 1 is 1.08 bits per heavy atom. The van der Waals surface area contributed by atoms with Crippen LogP contribution in [0.2, 0.25) is 0 Å². The number of ether oxygens (including phenoxy) is 2. The maximum Gasteiger partial charge on any atom is 0.262 e. The van der Waals surface area contributed by atoms with Crippen molar-refractivity contribution >= 4 is 21.6 Å². The third-order valence-electron chi connectivity index (χ3n) is 5.94. The van der Waals surface area contributed by atoms with Gasteiger partial charge in [-0.1, -0.05) is 12.1 Å². The average Bonchev–Trinajstić information content (AvgIpc) is 2.93. The summed E-state index contributed by atoms with van der Waals surface area (Å²) in [5.74, 6) is -0.270. The van der Waals surface area contributed by atoms with E-state index < -0.39 is 21.7 Å². The first-order valence-electron chi connectivity index (χ1n) is 12.1. The van der Waals surface area contributed by atoms with Crippen LogP contribution in [0.25, 0.3) is 0 Å². The number of pyridine rings is 1. The van der Waals surface area contributed by atoms with E-state index in [4.69, 9.17) is 9.47 Å². The number of aromatic nitrogens is 1. The first kappa shape index (κ1) is 27.3. The van der Waals surface area contributed by atoms with Gasteiger partial charge >= 0.3 is 0 Å². The second-order valence-corrected chi connectivity index (χ2v) is 10.3. The Morgan fingerprint density at radius 2 is 1.84 bits per heavy atom. The molecular weight excluding hydrogens is 513 g/mol. The van der Waals surface area contributed by atoms with Gasteiger partial charge in [0.2, 0.25) is 0 Å². The Kier molecular flexibility index (Phi) is 9.10. The van der Waals surface area contributed by atoms with Gasteiger partial charge in [-0.25, -0.2) is 12.8 Å². The maximum atomic E-state index is 13.3. The van der Waals surface area contributed by atoms with Crippen molar-refractivity contribution in [1.29, 1.82) is 0 Å². The van der Waals surface area contributed by atoms with E-state index in [1.54, 1.807) is 12.1 Å². The van der Waals surface area contributed by atoms with Gasteiger partial charge < -0.3 is 20.1 Å². The fraction of sp³-hybridized carbons (Fsp3) is 0.308. The number of methoxy groups -OCH3 is 1. The number of carbonyl (C=O) groups excluding carboxylic acids is 1. The van der Waals surface area contributed by atoms with Crippen molar-refractivity contribution in [3.05, 3.63) is 77.9 Å². The number of hydrogen-bond acceptors (Lipinski definition) is 8. The van der Waals surface area contributed by atoms with Crippen LogP contribution in [0.15, 0.2) is 65.8 Å². The molecule has 1 fully saturated rings. The van der Waals surface area contributed by atoms with E-state index in [0.717, 1.165) is 26.2 Å². The second kappa shape index (κ2) is 12.7. The SMILES string of the molecule is COc1cncc(NS(=O)(=O)c2ccc(OCCN3CCNCC3)cc2C(=O)NCc2ccc(F)cc2)c1. The fourth-order valence-electron chi connectivity index (χ4n) is 3.91. The van der Waals surface area contributed by atoms with E-state index in [9.17, 15) is 17.6 Å². The van der Waals surface area contributed by atoms with Crippen LogP contribution >= 0.6 is 0 Å². The van der Waals surface area contributed by atoms with E-state index >= 15 is 0 Å². The van der Waals surface area contributed by atoms with E-state index in [2.05, 4.69) is 25.2 Å². The number of benzene rings is 2. The van der Waals surface area contributed by atoms with Crippen LogP contribution in [0.3, 0.4) is 0 Å². The minimum Gasteiger partial charge on any atom is -0.495 e. The van der Waals surface area contributed by atoms with Gasteiger partial charge in [-0.2, -0.15) is 0 Å². The number of amides is 1. The zero-order valence-corrected chi connectivity index (χ0v) is 21.8. The highest BCUT2D eigenvalue weighted by molar-refractivity contribution is 7.92. The summed E-state index contributed by atoms with van der Waals surface area (Å²) in [5, 5.41) is 6.00. The Morgan fingerprint density at radius 3 is 2.58 bits per heavy atom. The summed E-state index contributed by atoms with van der Waals surface area (Å²) >= 11 is 0. The molecule has 38 heavy (non-hydrogen) atoms. The highest BCUT2D eigenvalue weighted by atomic mass is 32.2. The minimum absolute atomic E-state index is 0.0832. The number of nitrogens with zero attached hydrogens (tertiary/aromatic N) is 2. The summed E-state index contributed by atoms with van der Waals surface area (Å²) in [7, 11) is -2.74. The molecule has 0 aliphatic carbocycles. The van der Waals surface area contributed by atoms with E-state index in [1.807, 2.05) is 0 Å². The van der Waals surface area contributed by atoms with Gasteiger partial charge in [-0.3, -0.25) is 19.4 Å². The van der Waals surface area contributed by atoms with E-state index in [1.165, 1.54) is 55.9 Å². The summed E-state index contributed by atoms with van der Waals surface area (Å²) in [6.07, 6.45) is 2.78. The molecule has 10 nitrogen and oxygen atoms in total. The van der Waals surface area contributed by atoms with Crippen molar-refractivity contribution in [3.8, 4) is 11.5 Å². The topological polar surface area (TPSA) is 122 Å². The first-order valence-corrected chi connectivity index (χ1v) is 13.6. The number of hydrogen-bond donors (Lipinski definition) is 3. The molecule has 0 spiro atoms. The molecule has 1 saturated heterocycles. The average molecular weight is 544 g/mol. The monoisotopic (exact) mass is 543 g/mol. The van der Waals surface area contributed by atoms with Gasteiger partial charge in [0.15, 0.2) is 0 Å². The van der Waals surface area contributed by atoms with Crippen LogP contribution < -0.4 is 24.8 Å². The van der Waals surface area contributed by atoms with Crippen LogP contribution in [-0.4, -0.2) is 70.6 Å². The summed E-state index contributed by atoms with van der Waals surface area (Å²) in [5.41, 5.74) is 0.752. The number of nitrogens with one attached hydrogen (secondary N) is 3. The molecule has 4 rings (SSSR count). The molecule has 3 aromatic rings. The van der Waals surface area contributed by atoms with Gasteiger partial charge in [0, 0.05) is 45.3 Å². The summed E-state index contributed by atoms with van der Waals surface area (Å²) in [4.78, 5) is 19.2. The van der Waals surface area contributed by atoms with E-state index in [0.29, 0.717) is 30.2 Å². The van der Waals surface area contributed by atoms with Gasteiger partial charge in [-0.15, -0.1) is 0 Å². The molecule has 12 heteroatoms. The van der Waals surface area contributed by atoms with Gasteiger partial charge in [0.25, 0.3) is 15.9 Å². The van der Waals surface area contributed by atoms with Crippen LogP contribution in [0, 0.1) is 5.82 Å². The minimum atomic E-state index is -4.18. The molecule has 0 unspecified atom stereocenters. The van der Waals surface area contributed by atoms with Gasteiger partial charge in [0.05, 0.1) is 30.8 Å². The molecule has 202 valence electrons. The predicted molar refractivity (Wildman–Crippen MR) is 140 cm³/mol. The van der Waals surface area contributed by atoms with Crippen molar-refractivity contribution in [1.82, 2.24) is 20.5 Å². The molecule has 1 aliphatic rings. The fourth-order valence-corrected chi connectivity index (χ4v) is 5.13. The lowest BCUT2D eigenvalue weighted by molar-refractivity contribution is 0.0947. The Balaban J connectivity index is 1.55. The van der Waals surface area contributed by atoms with Gasteiger partial charge in [0.1, 0.15) is 28.8 Å². The molecule has 2 aromatic carbocycles. The number of rotatable bonds is 11. The number of carbonyl (C=O) groups is 1. The number of piperazine rings is 1. The summed E-state index contributed by atoms with van der Waals surface area (Å²) in [6.45, 7) is 4.85. The normalized spacial score (nSPS) is 14.1. The third kappa shape index (κ3) is 7.40. The standard InChI is InChI=1S/C26H30FN5O5S/c1-36-23-14-21(17-29-18-23)31-38(34,35)25-7-6-22(37-13-12-32-10-8-28-9-11-32)15-24(25)26(33)30-16-19-2-4-20(27)5-3-19/h2-7,14-15,17-18,28,31H,8-13,16H2,1H3,(H,30,33). The molecule has 3 N–H and O–H groups in total. The highest BCUT2D eigenvalue weighted by Crippen LogP contribution is 2.25. The highest BCUT2D eigenvalue weighted by Gasteiger charge is 2.24. The van der Waals surface area contributed by atoms with Crippen LogP contribution in [0.1, 0.15) is 15.9 Å². The van der Waals surface area contributed by atoms with Gasteiger partial charge in [-0.05, 0) is 35.9 Å². The lowest BCUT2D eigenvalue weighted by Gasteiger charge is -2.27. The predicted octanol–water partition coefficient (Wildman–Crippen LogP) is 2.24. The zero-order valence-electron chi connectivity index (χ0n) is 20.9. The molecule has 0 bridgehead atoms.